The minimum atomic E-state index is 0.0748. The van der Waals surface area contributed by atoms with Gasteiger partial charge in [-0.3, -0.25) is 9.89 Å². The van der Waals surface area contributed by atoms with Crippen LogP contribution in [0.1, 0.15) is 54.2 Å². The molecule has 1 unspecified atom stereocenters. The van der Waals surface area contributed by atoms with E-state index in [1.807, 2.05) is 11.2 Å². The summed E-state index contributed by atoms with van der Waals surface area (Å²) < 4.78 is 2.24. The number of rotatable bonds is 4. The maximum absolute atomic E-state index is 12.7. The van der Waals surface area contributed by atoms with Crippen LogP contribution < -0.4 is 0 Å². The fraction of sp³-hybridized carbons (Fsp3) is 0.647. The van der Waals surface area contributed by atoms with E-state index in [-0.39, 0.29) is 11.3 Å². The number of hydrogen-bond donors (Lipinski definition) is 1. The molecule has 2 saturated carbocycles. The Balaban J connectivity index is 1.43. The summed E-state index contributed by atoms with van der Waals surface area (Å²) in [6.07, 6.45) is 11.4. The molecule has 1 N–H and O–H groups in total. The van der Waals surface area contributed by atoms with Gasteiger partial charge in [0.05, 0.1) is 11.8 Å². The lowest BCUT2D eigenvalue weighted by Crippen LogP contribution is -2.38. The number of amides is 1. The van der Waals surface area contributed by atoms with Gasteiger partial charge in [0.25, 0.3) is 5.91 Å². The predicted molar refractivity (Wildman–Crippen MR) is 86.3 cm³/mol. The third-order valence-electron chi connectivity index (χ3n) is 6.14. The van der Waals surface area contributed by atoms with E-state index in [1.54, 1.807) is 12.4 Å². The highest BCUT2D eigenvalue weighted by Crippen LogP contribution is 2.55. The second-order valence-electron chi connectivity index (χ2n) is 7.73. The van der Waals surface area contributed by atoms with Gasteiger partial charge in [0.1, 0.15) is 12.2 Å². The van der Waals surface area contributed by atoms with Crippen LogP contribution in [-0.2, 0) is 6.54 Å². The molecule has 1 atom stereocenters. The Morgan fingerprint density at radius 3 is 2.92 bits per heavy atom. The van der Waals surface area contributed by atoms with Crippen LogP contribution in [0.5, 0.6) is 0 Å². The Labute approximate surface area is 140 Å². The number of likely N-dealkylation sites (tertiary alicyclic amines) is 1. The minimum Gasteiger partial charge on any atom is -0.337 e. The first-order valence-electron chi connectivity index (χ1n) is 8.91. The van der Waals surface area contributed by atoms with Crippen LogP contribution in [0.15, 0.2) is 18.7 Å². The molecule has 1 aliphatic heterocycles. The van der Waals surface area contributed by atoms with Crippen molar-refractivity contribution in [2.75, 3.05) is 13.1 Å². The van der Waals surface area contributed by atoms with Crippen LogP contribution in [0.3, 0.4) is 0 Å². The molecule has 1 amide bonds. The molecule has 3 aliphatic rings. The molecule has 7 heteroatoms. The third kappa shape index (κ3) is 2.17. The maximum Gasteiger partial charge on any atom is 0.257 e. The van der Waals surface area contributed by atoms with Gasteiger partial charge in [-0.25, -0.2) is 0 Å². The smallest absolute Gasteiger partial charge is 0.257 e. The molecule has 24 heavy (non-hydrogen) atoms. The van der Waals surface area contributed by atoms with Crippen molar-refractivity contribution in [1.29, 1.82) is 0 Å². The van der Waals surface area contributed by atoms with Crippen LogP contribution >= 0.6 is 0 Å². The lowest BCUT2D eigenvalue weighted by atomic mass is 9.62. The summed E-state index contributed by atoms with van der Waals surface area (Å²) in [5, 5.41) is 15.3. The van der Waals surface area contributed by atoms with E-state index in [2.05, 4.69) is 25.0 Å². The maximum atomic E-state index is 12.7. The van der Waals surface area contributed by atoms with E-state index < -0.39 is 0 Å². The van der Waals surface area contributed by atoms with Crippen molar-refractivity contribution in [3.05, 3.63) is 30.1 Å². The largest absolute Gasteiger partial charge is 0.337 e. The van der Waals surface area contributed by atoms with Crippen LogP contribution in [0.25, 0.3) is 0 Å². The van der Waals surface area contributed by atoms with Crippen LogP contribution in [0.2, 0.25) is 0 Å². The van der Waals surface area contributed by atoms with Gasteiger partial charge >= 0.3 is 0 Å². The van der Waals surface area contributed by atoms with E-state index in [0.717, 1.165) is 31.4 Å². The SMILES string of the molecule is O=C(c1cn[nH]c1)N1CC(c2nncn2CC2CC2)C2(CCC2)C1. The number of H-pyrrole nitrogens is 1. The Kier molecular flexibility index (Phi) is 3.05. The molecule has 126 valence electrons. The molecule has 2 aromatic rings. The summed E-state index contributed by atoms with van der Waals surface area (Å²) in [5.41, 5.74) is 0.845. The van der Waals surface area contributed by atoms with Crippen molar-refractivity contribution < 1.29 is 4.79 Å². The van der Waals surface area contributed by atoms with Crippen molar-refractivity contribution in [3.8, 4) is 0 Å². The van der Waals surface area contributed by atoms with Gasteiger partial charge in [0, 0.05) is 31.7 Å². The highest BCUT2D eigenvalue weighted by atomic mass is 16.2. The quantitative estimate of drug-likeness (QED) is 0.929. The normalized spacial score (nSPS) is 25.2. The molecule has 0 aromatic carbocycles. The summed E-state index contributed by atoms with van der Waals surface area (Å²) in [4.78, 5) is 14.7. The first-order chi connectivity index (χ1) is 11.8. The molecule has 7 nitrogen and oxygen atoms in total. The number of aromatic nitrogens is 5. The average Bonchev–Trinajstić information content (AvgIpc) is 3.00. The van der Waals surface area contributed by atoms with Crippen molar-refractivity contribution in [3.63, 3.8) is 0 Å². The third-order valence-corrected chi connectivity index (χ3v) is 6.14. The zero-order valence-electron chi connectivity index (χ0n) is 13.7. The van der Waals surface area contributed by atoms with Gasteiger partial charge in [0.15, 0.2) is 0 Å². The summed E-state index contributed by atoms with van der Waals surface area (Å²) in [6, 6.07) is 0. The molecule has 0 bridgehead atoms. The van der Waals surface area contributed by atoms with E-state index in [1.165, 1.54) is 32.1 Å². The van der Waals surface area contributed by atoms with Gasteiger partial charge in [-0.15, -0.1) is 10.2 Å². The van der Waals surface area contributed by atoms with Crippen molar-refractivity contribution in [1.82, 2.24) is 29.9 Å². The number of hydrogen-bond acceptors (Lipinski definition) is 4. The molecule has 3 heterocycles. The van der Waals surface area contributed by atoms with Crippen molar-refractivity contribution in [2.24, 2.45) is 11.3 Å². The Morgan fingerprint density at radius 2 is 2.25 bits per heavy atom. The van der Waals surface area contributed by atoms with E-state index in [0.29, 0.717) is 11.5 Å². The van der Waals surface area contributed by atoms with E-state index in [9.17, 15) is 4.79 Å². The average molecular weight is 326 g/mol. The first-order valence-corrected chi connectivity index (χ1v) is 8.91. The number of carbonyl (C=O) groups is 1. The number of nitrogens with one attached hydrogen (secondary N) is 1. The lowest BCUT2D eigenvalue weighted by molar-refractivity contribution is 0.0723. The Hall–Kier alpha value is -2.18. The van der Waals surface area contributed by atoms with Gasteiger partial charge < -0.3 is 9.47 Å². The molecule has 2 aliphatic carbocycles. The van der Waals surface area contributed by atoms with E-state index in [4.69, 9.17) is 0 Å². The first kappa shape index (κ1) is 14.2. The monoisotopic (exact) mass is 326 g/mol. The standard InChI is InChI=1S/C17H22N6O/c24-16(13-6-18-19-7-13)22-9-14(17(10-22)4-1-5-17)15-21-20-11-23(15)8-12-2-3-12/h6-7,11-12,14H,1-5,8-10H2,(H,18,19). The summed E-state index contributed by atoms with van der Waals surface area (Å²) >= 11 is 0. The fourth-order valence-corrected chi connectivity index (χ4v) is 4.42. The highest BCUT2D eigenvalue weighted by Gasteiger charge is 2.53. The van der Waals surface area contributed by atoms with Crippen LogP contribution in [-0.4, -0.2) is 48.9 Å². The summed E-state index contributed by atoms with van der Waals surface area (Å²) in [6.45, 7) is 2.61. The summed E-state index contributed by atoms with van der Waals surface area (Å²) in [7, 11) is 0. The van der Waals surface area contributed by atoms with Gasteiger partial charge in [-0.2, -0.15) is 5.10 Å². The second kappa shape index (κ2) is 5.16. The van der Waals surface area contributed by atoms with Crippen molar-refractivity contribution in [2.45, 2.75) is 44.6 Å². The molecule has 0 radical (unpaired) electrons. The van der Waals surface area contributed by atoms with Crippen LogP contribution in [0, 0.1) is 11.3 Å². The minimum absolute atomic E-state index is 0.0748. The molecular weight excluding hydrogens is 304 g/mol. The van der Waals surface area contributed by atoms with Gasteiger partial charge in [-0.05, 0) is 37.0 Å². The zero-order chi connectivity index (χ0) is 16.1. The molecule has 3 fully saturated rings. The molecule has 5 rings (SSSR count). The number of aromatic amines is 1. The van der Waals surface area contributed by atoms with Gasteiger partial charge in [0.2, 0.25) is 0 Å². The summed E-state index contributed by atoms with van der Waals surface area (Å²) in [5.74, 6) is 2.26. The van der Waals surface area contributed by atoms with E-state index >= 15 is 0 Å². The van der Waals surface area contributed by atoms with Crippen molar-refractivity contribution >= 4 is 5.91 Å². The molecular formula is C17H22N6O. The molecule has 1 spiro atoms. The van der Waals surface area contributed by atoms with Crippen LogP contribution in [0.4, 0.5) is 0 Å². The highest BCUT2D eigenvalue weighted by molar-refractivity contribution is 5.94. The number of carbonyl (C=O) groups excluding carboxylic acids is 1. The zero-order valence-corrected chi connectivity index (χ0v) is 13.7. The lowest BCUT2D eigenvalue weighted by Gasteiger charge is -2.42. The topological polar surface area (TPSA) is 79.7 Å². The Morgan fingerprint density at radius 1 is 1.38 bits per heavy atom. The predicted octanol–water partition coefficient (Wildman–Crippen LogP) is 1.82. The molecule has 1 saturated heterocycles. The second-order valence-corrected chi connectivity index (χ2v) is 7.73. The fourth-order valence-electron chi connectivity index (χ4n) is 4.42. The van der Waals surface area contributed by atoms with Gasteiger partial charge in [-0.1, -0.05) is 6.42 Å². The number of nitrogens with zero attached hydrogens (tertiary/aromatic N) is 5. The molecule has 2 aromatic heterocycles. The Bertz CT molecular complexity index is 743.